The molecule has 1 aliphatic heterocycles. The number of rotatable bonds is 6. The zero-order valence-electron chi connectivity index (χ0n) is 20.3. The molecule has 1 saturated heterocycles. The molecule has 3 heterocycles. The zero-order valence-corrected chi connectivity index (χ0v) is 21.1. The highest BCUT2D eigenvalue weighted by Crippen LogP contribution is 2.38. The quantitative estimate of drug-likeness (QED) is 0.268. The maximum Gasteiger partial charge on any atom is 0.414 e. The van der Waals surface area contributed by atoms with Crippen LogP contribution in [0.4, 0.5) is 4.39 Å². The first-order valence-electron chi connectivity index (χ1n) is 12.0. The van der Waals surface area contributed by atoms with Crippen LogP contribution >= 0.6 is 11.3 Å². The van der Waals surface area contributed by atoms with Gasteiger partial charge in [-0.2, -0.15) is 0 Å². The Morgan fingerprint density at radius 1 is 1.19 bits per heavy atom. The number of nitrogens with one attached hydrogen (secondary N) is 1. The van der Waals surface area contributed by atoms with Crippen LogP contribution < -0.4 is 4.74 Å². The third kappa shape index (κ3) is 6.65. The van der Waals surface area contributed by atoms with Gasteiger partial charge in [0.15, 0.2) is 0 Å². The summed E-state index contributed by atoms with van der Waals surface area (Å²) in [5.41, 5.74) is 1.03. The van der Waals surface area contributed by atoms with E-state index in [4.69, 9.17) is 24.5 Å². The second-order valence-corrected chi connectivity index (χ2v) is 10.3. The predicted molar refractivity (Wildman–Crippen MR) is 140 cm³/mol. The molecule has 2 aromatic heterocycles. The summed E-state index contributed by atoms with van der Waals surface area (Å²) in [5, 5.41) is 27.4. The van der Waals surface area contributed by atoms with Crippen molar-refractivity contribution in [2.75, 3.05) is 19.7 Å². The summed E-state index contributed by atoms with van der Waals surface area (Å²) in [6.07, 6.45) is 3.45. The number of hydrogen-bond donors (Lipinski definition) is 4. The number of carboxylic acids is 2. The number of halogens is 1. The Labute approximate surface area is 216 Å². The average molecular weight is 529 g/mol. The fourth-order valence-electron chi connectivity index (χ4n) is 4.68. The van der Waals surface area contributed by atoms with Gasteiger partial charge in [0, 0.05) is 39.3 Å². The lowest BCUT2D eigenvalue weighted by Crippen LogP contribution is -2.45. The van der Waals surface area contributed by atoms with Crippen LogP contribution in [0.5, 0.6) is 5.75 Å². The maximum absolute atomic E-state index is 13.5. The van der Waals surface area contributed by atoms with Crippen molar-refractivity contribution in [3.8, 4) is 5.75 Å². The maximum atomic E-state index is 13.5. The first-order valence-corrected chi connectivity index (χ1v) is 12.8. The van der Waals surface area contributed by atoms with Crippen molar-refractivity contribution in [3.63, 3.8) is 0 Å². The highest BCUT2D eigenvalue weighted by atomic mass is 32.1. The fraction of sp³-hybridized carbons (Fsp3) is 0.333. The normalized spacial score (nSPS) is 18.8. The molecule has 10 heteroatoms. The molecule has 196 valence electrons. The van der Waals surface area contributed by atoms with Gasteiger partial charge in [0.25, 0.3) is 0 Å². The van der Waals surface area contributed by atoms with Gasteiger partial charge in [-0.1, -0.05) is 6.07 Å². The van der Waals surface area contributed by atoms with Crippen LogP contribution in [0.15, 0.2) is 54.7 Å². The molecular weight excluding hydrogens is 499 g/mol. The van der Waals surface area contributed by atoms with Crippen molar-refractivity contribution in [2.45, 2.75) is 37.8 Å². The first kappa shape index (κ1) is 26.6. The molecule has 1 fully saturated rings. The molecule has 0 aliphatic carbocycles. The van der Waals surface area contributed by atoms with Crippen LogP contribution in [0.1, 0.15) is 30.6 Å². The molecule has 0 saturated carbocycles. The number of ether oxygens (including phenoxy) is 1. The van der Waals surface area contributed by atoms with Crippen molar-refractivity contribution in [3.05, 3.63) is 65.4 Å². The van der Waals surface area contributed by atoms with E-state index in [1.165, 1.54) is 10.9 Å². The Kier molecular flexibility index (Phi) is 8.42. The monoisotopic (exact) mass is 528 g/mol. The number of β-amino-alcohol motifs (C(OH)–C–C–N with tert-alkyl or cyclic N) is 1. The second-order valence-electron chi connectivity index (χ2n) is 9.17. The minimum Gasteiger partial charge on any atom is -0.490 e. The van der Waals surface area contributed by atoms with Gasteiger partial charge in [0.2, 0.25) is 0 Å². The number of aliphatic carboxylic acids is 2. The van der Waals surface area contributed by atoms with Crippen molar-refractivity contribution < 1.29 is 34.0 Å². The van der Waals surface area contributed by atoms with E-state index in [0.717, 1.165) is 46.1 Å². The third-order valence-corrected chi connectivity index (χ3v) is 7.81. The number of benzene rings is 2. The molecule has 4 aromatic rings. The summed E-state index contributed by atoms with van der Waals surface area (Å²) in [6, 6.07) is 15.5. The molecular formula is C27H29FN2O6S. The lowest BCUT2D eigenvalue weighted by Gasteiger charge is -2.38. The summed E-state index contributed by atoms with van der Waals surface area (Å²) in [7, 11) is 0. The van der Waals surface area contributed by atoms with Gasteiger partial charge < -0.3 is 25.0 Å². The van der Waals surface area contributed by atoms with E-state index in [1.54, 1.807) is 17.4 Å². The number of aromatic nitrogens is 1. The summed E-state index contributed by atoms with van der Waals surface area (Å²) in [6.45, 7) is 4.06. The molecule has 8 nitrogen and oxygen atoms in total. The van der Waals surface area contributed by atoms with E-state index in [0.29, 0.717) is 18.5 Å². The Morgan fingerprint density at radius 3 is 2.70 bits per heavy atom. The zero-order chi connectivity index (χ0) is 26.5. The minimum absolute atomic E-state index is 0.177. The number of piperidine rings is 1. The summed E-state index contributed by atoms with van der Waals surface area (Å²) in [4.78, 5) is 25.1. The average Bonchev–Trinajstić information content (AvgIpc) is 3.51. The number of fused-ring (bicyclic) bond motifs is 2. The van der Waals surface area contributed by atoms with Crippen LogP contribution in [0.3, 0.4) is 0 Å². The van der Waals surface area contributed by atoms with Gasteiger partial charge >= 0.3 is 11.9 Å². The highest BCUT2D eigenvalue weighted by Gasteiger charge is 2.29. The van der Waals surface area contributed by atoms with E-state index in [-0.39, 0.29) is 12.4 Å². The molecule has 4 N–H and O–H groups in total. The van der Waals surface area contributed by atoms with Crippen molar-refractivity contribution in [2.24, 2.45) is 0 Å². The highest BCUT2D eigenvalue weighted by molar-refractivity contribution is 7.19. The largest absolute Gasteiger partial charge is 0.490 e. The van der Waals surface area contributed by atoms with Crippen LogP contribution in [0.25, 0.3) is 21.0 Å². The topological polar surface area (TPSA) is 123 Å². The number of aliphatic hydroxyl groups is 1. The SMILES string of the molecule is C[C@H]1C[C@@H](c2cc3cc(F)ccc3s2)CCN1C[C@H](O)COc1cccc2[nH]ccc12.O=C(O)C(=O)O. The van der Waals surface area contributed by atoms with Gasteiger partial charge in [-0.05, 0) is 80.1 Å². The number of H-pyrrole nitrogens is 1. The van der Waals surface area contributed by atoms with Crippen LogP contribution in [-0.4, -0.2) is 69.0 Å². The van der Waals surface area contributed by atoms with Gasteiger partial charge in [-0.3, -0.25) is 4.90 Å². The Hall–Kier alpha value is -3.47. The summed E-state index contributed by atoms with van der Waals surface area (Å²) in [5.74, 6) is -2.54. The molecule has 37 heavy (non-hydrogen) atoms. The second kappa shape index (κ2) is 11.7. The fourth-order valence-corrected chi connectivity index (χ4v) is 5.87. The van der Waals surface area contributed by atoms with Gasteiger partial charge in [-0.15, -0.1) is 11.3 Å². The van der Waals surface area contributed by atoms with Gasteiger partial charge in [0.1, 0.15) is 24.3 Å². The standard InChI is InChI=1S/C25H27FN2O2S.C2H2O4/c1-16-11-17(25-13-18-12-19(26)5-6-24(18)31-25)8-10-28(16)14-20(29)15-30-23-4-2-3-22-21(23)7-9-27-22;3-1(4)2(5)6/h2-7,9,12-13,16-17,20,27,29H,8,10-11,14-15H2,1H3;(H,3,4)(H,5,6)/t16-,17-,20-;/m0./s1. The van der Waals surface area contributed by atoms with Gasteiger partial charge in [-0.25, -0.2) is 14.0 Å². The number of aliphatic hydroxyl groups excluding tert-OH is 1. The van der Waals surface area contributed by atoms with E-state index < -0.39 is 18.0 Å². The summed E-state index contributed by atoms with van der Waals surface area (Å²) >= 11 is 1.78. The number of likely N-dealkylation sites (tertiary alicyclic amines) is 1. The molecule has 0 bridgehead atoms. The molecule has 0 unspecified atom stereocenters. The Bertz CT molecular complexity index is 1370. The third-order valence-electron chi connectivity index (χ3n) is 6.53. The molecule has 0 radical (unpaired) electrons. The molecule has 0 spiro atoms. The molecule has 5 rings (SSSR count). The van der Waals surface area contributed by atoms with Crippen LogP contribution in [0.2, 0.25) is 0 Å². The lowest BCUT2D eigenvalue weighted by atomic mass is 9.90. The van der Waals surface area contributed by atoms with Crippen LogP contribution in [0, 0.1) is 5.82 Å². The van der Waals surface area contributed by atoms with E-state index in [1.807, 2.05) is 36.5 Å². The summed E-state index contributed by atoms with van der Waals surface area (Å²) < 4.78 is 20.6. The molecule has 0 amide bonds. The van der Waals surface area contributed by atoms with E-state index >= 15 is 0 Å². The van der Waals surface area contributed by atoms with Gasteiger partial charge in [0.05, 0.1) is 0 Å². The van der Waals surface area contributed by atoms with Crippen molar-refractivity contribution >= 4 is 44.3 Å². The smallest absolute Gasteiger partial charge is 0.414 e. The number of carboxylic acid groups (broad SMARTS) is 2. The molecule has 1 aliphatic rings. The van der Waals surface area contributed by atoms with E-state index in [9.17, 15) is 9.50 Å². The predicted octanol–water partition coefficient (Wildman–Crippen LogP) is 4.69. The van der Waals surface area contributed by atoms with Crippen LogP contribution in [-0.2, 0) is 9.59 Å². The van der Waals surface area contributed by atoms with E-state index in [2.05, 4.69) is 22.9 Å². The molecule has 2 aromatic carbocycles. The molecule has 3 atom stereocenters. The Morgan fingerprint density at radius 2 is 1.97 bits per heavy atom. The number of hydrogen-bond acceptors (Lipinski definition) is 6. The first-order chi connectivity index (χ1) is 17.7. The Balaban J connectivity index is 0.000000480. The van der Waals surface area contributed by atoms with Crippen molar-refractivity contribution in [1.29, 1.82) is 0 Å². The minimum atomic E-state index is -1.82. The number of nitrogens with zero attached hydrogens (tertiary/aromatic N) is 1. The number of aromatic amines is 1. The number of thiophene rings is 1. The lowest BCUT2D eigenvalue weighted by molar-refractivity contribution is -0.159. The van der Waals surface area contributed by atoms with Crippen molar-refractivity contribution in [1.82, 2.24) is 9.88 Å². The number of carbonyl (C=O) groups is 2.